The topological polar surface area (TPSA) is 77.2 Å². The maximum atomic E-state index is 11.1. The molecule has 23 heavy (non-hydrogen) atoms. The molecule has 2 aromatic rings. The number of aliphatic carboxylic acids is 1. The van der Waals surface area contributed by atoms with Crippen molar-refractivity contribution in [2.24, 2.45) is 5.92 Å². The molecule has 0 bridgehead atoms. The van der Waals surface area contributed by atoms with Gasteiger partial charge in [-0.15, -0.1) is 5.10 Å². The average molecular weight is 445 g/mol. The zero-order chi connectivity index (χ0) is 16.4. The summed E-state index contributed by atoms with van der Waals surface area (Å²) in [7, 11) is 2.63. The summed E-state index contributed by atoms with van der Waals surface area (Å²) in [5.41, 5.74) is 2.70. The van der Waals surface area contributed by atoms with E-state index in [4.69, 9.17) is 9.84 Å². The lowest BCUT2D eigenvalue weighted by Gasteiger charge is -2.27. The molecule has 0 spiro atoms. The molecule has 1 N–H and O–H groups in total. The monoisotopic (exact) mass is 445 g/mol. The van der Waals surface area contributed by atoms with E-state index in [0.717, 1.165) is 41.7 Å². The molecule has 122 valence electrons. The lowest BCUT2D eigenvalue weighted by molar-refractivity contribution is -0.143. The molecule has 0 saturated heterocycles. The van der Waals surface area contributed by atoms with Gasteiger partial charge in [0, 0.05) is 5.56 Å². The smallest absolute Gasteiger partial charge is 0.306 e. The summed E-state index contributed by atoms with van der Waals surface area (Å²) < 4.78 is 7.63. The number of carboxylic acids is 1. The summed E-state index contributed by atoms with van der Waals surface area (Å²) in [5, 5.41) is 17.3. The van der Waals surface area contributed by atoms with Gasteiger partial charge in [0.15, 0.2) is 0 Å². The van der Waals surface area contributed by atoms with Crippen LogP contribution in [0, 0.1) is 5.92 Å². The van der Waals surface area contributed by atoms with Gasteiger partial charge < -0.3 is 9.84 Å². The van der Waals surface area contributed by atoms with Gasteiger partial charge in [-0.25, -0.2) is 0 Å². The first-order chi connectivity index (χ1) is 11.0. The lowest BCUT2D eigenvalue weighted by Crippen LogP contribution is -2.29. The Bertz CT molecular complexity index is 704. The highest BCUT2D eigenvalue weighted by Crippen LogP contribution is 2.29. The summed E-state index contributed by atoms with van der Waals surface area (Å²) >= 11 is 2.07. The van der Waals surface area contributed by atoms with E-state index < -0.39 is 5.97 Å². The SMILES string of the molecule is O=C(O)[C@H]1CCC[C@H](Oc2ccc(-c3nnn(I)c3P)cc2)C1. The number of benzene rings is 1. The Morgan fingerprint density at radius 1 is 1.35 bits per heavy atom. The van der Waals surface area contributed by atoms with E-state index in [2.05, 4.69) is 42.4 Å². The first-order valence-corrected chi connectivity index (χ1v) is 8.96. The number of ether oxygens (including phenoxy) is 1. The molecule has 0 aliphatic heterocycles. The van der Waals surface area contributed by atoms with Crippen molar-refractivity contribution in [3.05, 3.63) is 24.3 Å². The fraction of sp³-hybridized carbons (Fsp3) is 0.400. The highest BCUT2D eigenvalue weighted by Gasteiger charge is 2.28. The minimum Gasteiger partial charge on any atom is -0.490 e. The molecular formula is C15H17IN3O3P. The van der Waals surface area contributed by atoms with Crippen LogP contribution in [0.2, 0.25) is 0 Å². The first-order valence-electron chi connectivity index (χ1n) is 7.42. The predicted octanol–water partition coefficient (Wildman–Crippen LogP) is 2.67. The van der Waals surface area contributed by atoms with Gasteiger partial charge in [-0.1, -0.05) is 14.5 Å². The van der Waals surface area contributed by atoms with Crippen molar-refractivity contribution in [1.29, 1.82) is 0 Å². The summed E-state index contributed by atoms with van der Waals surface area (Å²) in [6.45, 7) is 0. The van der Waals surface area contributed by atoms with E-state index in [1.54, 1.807) is 2.90 Å². The minimum absolute atomic E-state index is 0.0248. The van der Waals surface area contributed by atoms with Crippen molar-refractivity contribution < 1.29 is 14.6 Å². The summed E-state index contributed by atoms with van der Waals surface area (Å²) in [6, 6.07) is 7.69. The average Bonchev–Trinajstić information content (AvgIpc) is 2.88. The van der Waals surface area contributed by atoms with E-state index in [1.165, 1.54) is 0 Å². The third-order valence-corrected chi connectivity index (χ3v) is 5.83. The summed E-state index contributed by atoms with van der Waals surface area (Å²) in [5.74, 6) is -0.244. The largest absolute Gasteiger partial charge is 0.490 e. The maximum Gasteiger partial charge on any atom is 0.306 e. The Morgan fingerprint density at radius 2 is 2.09 bits per heavy atom. The van der Waals surface area contributed by atoms with Crippen LogP contribution in [0.3, 0.4) is 0 Å². The molecule has 0 amide bonds. The molecule has 1 aromatic heterocycles. The first kappa shape index (κ1) is 16.6. The maximum absolute atomic E-state index is 11.1. The van der Waals surface area contributed by atoms with Crippen LogP contribution in [0.25, 0.3) is 11.3 Å². The van der Waals surface area contributed by atoms with Crippen molar-refractivity contribution in [3.63, 3.8) is 0 Å². The highest BCUT2D eigenvalue weighted by molar-refractivity contribution is 14.1. The van der Waals surface area contributed by atoms with Gasteiger partial charge in [0.2, 0.25) is 0 Å². The Morgan fingerprint density at radius 3 is 2.70 bits per heavy atom. The number of hydrogen-bond acceptors (Lipinski definition) is 4. The van der Waals surface area contributed by atoms with Crippen LogP contribution in [0.5, 0.6) is 5.75 Å². The number of halogens is 1. The number of rotatable bonds is 4. The minimum atomic E-state index is -0.719. The molecule has 1 aliphatic rings. The second-order valence-electron chi connectivity index (χ2n) is 5.65. The standard InChI is InChI=1S/C15H17IN3O3P/c16-19-14(23)13(17-18-19)9-4-6-11(7-5-9)22-12-3-1-2-10(8-12)15(20)21/h4-7,10,12H,1-3,8,23H2,(H,20,21)/t10-,12-/m0/s1. The molecular weight excluding hydrogens is 428 g/mol. The van der Waals surface area contributed by atoms with Gasteiger partial charge >= 0.3 is 5.97 Å². The van der Waals surface area contributed by atoms with Crippen LogP contribution in [0.15, 0.2) is 24.3 Å². The molecule has 1 unspecified atom stereocenters. The molecule has 3 rings (SSSR count). The van der Waals surface area contributed by atoms with Crippen LogP contribution < -0.4 is 10.2 Å². The van der Waals surface area contributed by atoms with E-state index in [-0.39, 0.29) is 12.0 Å². The van der Waals surface area contributed by atoms with E-state index in [1.807, 2.05) is 24.3 Å². The third-order valence-electron chi connectivity index (χ3n) is 4.07. The molecule has 1 aromatic carbocycles. The fourth-order valence-corrected chi connectivity index (χ4v) is 3.44. The molecule has 1 fully saturated rings. The van der Waals surface area contributed by atoms with Gasteiger partial charge in [0.05, 0.1) is 40.3 Å². The zero-order valence-corrected chi connectivity index (χ0v) is 15.7. The van der Waals surface area contributed by atoms with Crippen LogP contribution in [0.1, 0.15) is 25.7 Å². The Kier molecular flexibility index (Phi) is 5.16. The predicted molar refractivity (Wildman–Crippen MR) is 98.2 cm³/mol. The molecule has 8 heteroatoms. The number of nitrogens with zero attached hydrogens (tertiary/aromatic N) is 3. The Labute approximate surface area is 150 Å². The molecule has 1 saturated carbocycles. The summed E-state index contributed by atoms with van der Waals surface area (Å²) in [6.07, 6.45) is 3.11. The van der Waals surface area contributed by atoms with Crippen molar-refractivity contribution >= 4 is 43.5 Å². The number of carboxylic acid groups (broad SMARTS) is 1. The number of aromatic nitrogens is 3. The molecule has 1 aliphatic carbocycles. The van der Waals surface area contributed by atoms with E-state index in [0.29, 0.717) is 6.42 Å². The highest BCUT2D eigenvalue weighted by atomic mass is 127. The second-order valence-corrected chi connectivity index (χ2v) is 7.11. The van der Waals surface area contributed by atoms with Crippen molar-refractivity contribution in [1.82, 2.24) is 13.2 Å². The van der Waals surface area contributed by atoms with Gasteiger partial charge in [-0.05, 0) is 49.9 Å². The third kappa shape index (κ3) is 3.83. The van der Waals surface area contributed by atoms with Crippen LogP contribution >= 0.6 is 32.1 Å². The van der Waals surface area contributed by atoms with Crippen LogP contribution in [-0.4, -0.2) is 30.4 Å². The van der Waals surface area contributed by atoms with Gasteiger partial charge in [-0.2, -0.15) is 2.90 Å². The zero-order valence-electron chi connectivity index (χ0n) is 12.4. The Hall–Kier alpha value is -1.21. The number of hydrogen-bond donors (Lipinski definition) is 1. The molecule has 6 nitrogen and oxygen atoms in total. The summed E-state index contributed by atoms with van der Waals surface area (Å²) in [4.78, 5) is 11.1. The van der Waals surface area contributed by atoms with Gasteiger partial charge in [0.1, 0.15) is 11.4 Å². The van der Waals surface area contributed by atoms with Crippen LogP contribution in [-0.2, 0) is 4.79 Å². The van der Waals surface area contributed by atoms with Gasteiger partial charge in [-0.3, -0.25) is 4.79 Å². The quantitative estimate of drug-likeness (QED) is 0.579. The van der Waals surface area contributed by atoms with Crippen molar-refractivity contribution in [2.75, 3.05) is 0 Å². The molecule has 3 atom stereocenters. The van der Waals surface area contributed by atoms with Crippen molar-refractivity contribution in [2.45, 2.75) is 31.8 Å². The lowest BCUT2D eigenvalue weighted by atomic mass is 9.87. The van der Waals surface area contributed by atoms with Gasteiger partial charge in [0.25, 0.3) is 0 Å². The van der Waals surface area contributed by atoms with Crippen LogP contribution in [0.4, 0.5) is 0 Å². The molecule has 0 radical (unpaired) electrons. The van der Waals surface area contributed by atoms with Crippen molar-refractivity contribution in [3.8, 4) is 17.0 Å². The van der Waals surface area contributed by atoms with E-state index >= 15 is 0 Å². The fourth-order valence-electron chi connectivity index (χ4n) is 2.84. The Balaban J connectivity index is 1.68. The normalized spacial score (nSPS) is 21.1. The number of carbonyl (C=O) groups is 1. The second kappa shape index (κ2) is 7.13. The van der Waals surface area contributed by atoms with E-state index in [9.17, 15) is 4.79 Å². The molecule has 1 heterocycles.